The van der Waals surface area contributed by atoms with Crippen molar-refractivity contribution in [3.05, 3.63) is 81.5 Å². The van der Waals surface area contributed by atoms with Gasteiger partial charge in [0.25, 0.3) is 5.91 Å². The van der Waals surface area contributed by atoms with Crippen LogP contribution >= 0.6 is 15.9 Å². The molecule has 34 heavy (non-hydrogen) atoms. The van der Waals surface area contributed by atoms with Crippen LogP contribution in [-0.2, 0) is 16.1 Å². The summed E-state index contributed by atoms with van der Waals surface area (Å²) in [5.41, 5.74) is 4.87. The van der Waals surface area contributed by atoms with E-state index in [4.69, 9.17) is 9.47 Å². The molecule has 0 aliphatic carbocycles. The zero-order valence-electron chi connectivity index (χ0n) is 18.6. The number of hydrogen-bond acceptors (Lipinski definition) is 6. The standard InChI is InChI=1S/C26H21BrN4O3/c1-16-25(27)23(14-33-2)21(12-28)26(30-16)34-15-24(32)31-29-13-22-19-9-5-3-7-17(19)11-18-8-4-6-10-20(18)22/h3-11,13H,14-15H2,1-2H3,(H,31,32). The topological polar surface area (TPSA) is 96.6 Å². The van der Waals surface area contributed by atoms with E-state index in [1.165, 1.54) is 7.11 Å². The Morgan fingerprint density at radius 3 is 2.44 bits per heavy atom. The van der Waals surface area contributed by atoms with Gasteiger partial charge < -0.3 is 9.47 Å². The van der Waals surface area contributed by atoms with Gasteiger partial charge in [0.05, 0.1) is 18.5 Å². The van der Waals surface area contributed by atoms with Gasteiger partial charge in [-0.25, -0.2) is 10.4 Å². The average molecular weight is 517 g/mol. The minimum absolute atomic E-state index is 0.0782. The van der Waals surface area contributed by atoms with Crippen LogP contribution in [0.15, 0.2) is 64.2 Å². The third-order valence-electron chi connectivity index (χ3n) is 5.30. The fourth-order valence-corrected chi connectivity index (χ4v) is 4.14. The van der Waals surface area contributed by atoms with Crippen molar-refractivity contribution in [2.75, 3.05) is 13.7 Å². The van der Waals surface area contributed by atoms with Crippen LogP contribution in [0, 0.1) is 18.3 Å². The smallest absolute Gasteiger partial charge is 0.278 e. The summed E-state index contributed by atoms with van der Waals surface area (Å²) in [7, 11) is 1.54. The summed E-state index contributed by atoms with van der Waals surface area (Å²) < 4.78 is 11.4. The van der Waals surface area contributed by atoms with E-state index in [2.05, 4.69) is 43.6 Å². The summed E-state index contributed by atoms with van der Waals surface area (Å²) in [6.45, 7) is 1.64. The van der Waals surface area contributed by atoms with Crippen molar-refractivity contribution in [1.82, 2.24) is 10.4 Å². The summed E-state index contributed by atoms with van der Waals surface area (Å²) in [6, 6.07) is 20.3. The highest BCUT2D eigenvalue weighted by Crippen LogP contribution is 2.30. The van der Waals surface area contributed by atoms with Crippen molar-refractivity contribution in [3.8, 4) is 11.9 Å². The van der Waals surface area contributed by atoms with Crippen molar-refractivity contribution in [2.24, 2.45) is 5.10 Å². The van der Waals surface area contributed by atoms with E-state index >= 15 is 0 Å². The molecular weight excluding hydrogens is 496 g/mol. The number of pyridine rings is 1. The number of nitriles is 1. The molecule has 7 nitrogen and oxygen atoms in total. The van der Waals surface area contributed by atoms with Crippen molar-refractivity contribution in [3.63, 3.8) is 0 Å². The molecule has 170 valence electrons. The fourth-order valence-electron chi connectivity index (χ4n) is 3.74. The first-order chi connectivity index (χ1) is 16.5. The summed E-state index contributed by atoms with van der Waals surface area (Å²) >= 11 is 3.43. The number of fused-ring (bicyclic) bond motifs is 2. The molecule has 4 rings (SSSR count). The van der Waals surface area contributed by atoms with Crippen LogP contribution in [-0.4, -0.2) is 30.8 Å². The van der Waals surface area contributed by atoms with Gasteiger partial charge in [-0.1, -0.05) is 48.5 Å². The van der Waals surface area contributed by atoms with Crippen molar-refractivity contribution in [1.29, 1.82) is 5.26 Å². The second-order valence-corrected chi connectivity index (χ2v) is 8.32. The molecule has 4 aromatic rings. The number of carbonyl (C=O) groups excluding carboxylic acids is 1. The number of ether oxygens (including phenoxy) is 2. The minimum Gasteiger partial charge on any atom is -0.467 e. The van der Waals surface area contributed by atoms with Crippen LogP contribution in [0.1, 0.15) is 22.4 Å². The van der Waals surface area contributed by atoms with E-state index in [9.17, 15) is 10.1 Å². The molecule has 0 bridgehead atoms. The van der Waals surface area contributed by atoms with Gasteiger partial charge in [-0.15, -0.1) is 0 Å². The Bertz CT molecular complexity index is 1410. The number of aromatic nitrogens is 1. The van der Waals surface area contributed by atoms with Crippen LogP contribution < -0.4 is 10.2 Å². The van der Waals surface area contributed by atoms with Gasteiger partial charge in [0.15, 0.2) is 6.61 Å². The number of hydrogen-bond donors (Lipinski definition) is 1. The third-order valence-corrected chi connectivity index (χ3v) is 6.36. The monoisotopic (exact) mass is 516 g/mol. The van der Waals surface area contributed by atoms with E-state index < -0.39 is 5.91 Å². The second kappa shape index (κ2) is 10.4. The average Bonchev–Trinajstić information content (AvgIpc) is 2.85. The maximum atomic E-state index is 12.4. The van der Waals surface area contributed by atoms with Crippen LogP contribution in [0.2, 0.25) is 0 Å². The van der Waals surface area contributed by atoms with Gasteiger partial charge in [-0.3, -0.25) is 4.79 Å². The lowest BCUT2D eigenvalue weighted by Gasteiger charge is -2.13. The van der Waals surface area contributed by atoms with Crippen LogP contribution in [0.4, 0.5) is 0 Å². The predicted molar refractivity (Wildman–Crippen MR) is 135 cm³/mol. The molecular formula is C26H21BrN4O3. The SMILES string of the molecule is COCc1c(Br)c(C)nc(OCC(=O)NN=Cc2c3ccccc3cc3ccccc23)c1C#N. The van der Waals surface area contributed by atoms with Crippen molar-refractivity contribution in [2.45, 2.75) is 13.5 Å². The van der Waals surface area contributed by atoms with Gasteiger partial charge in [0.1, 0.15) is 11.6 Å². The third kappa shape index (κ3) is 4.76. The van der Waals surface area contributed by atoms with Crippen molar-refractivity contribution >= 4 is 49.6 Å². The quantitative estimate of drug-likeness (QED) is 0.211. The molecule has 1 heterocycles. The maximum Gasteiger partial charge on any atom is 0.278 e. The molecule has 1 amide bonds. The molecule has 0 radical (unpaired) electrons. The Hall–Kier alpha value is -3.80. The highest BCUT2D eigenvalue weighted by molar-refractivity contribution is 9.10. The number of halogens is 1. The maximum absolute atomic E-state index is 12.4. The summed E-state index contributed by atoms with van der Waals surface area (Å²) in [5, 5.41) is 18.0. The highest BCUT2D eigenvalue weighted by atomic mass is 79.9. The number of amides is 1. The highest BCUT2D eigenvalue weighted by Gasteiger charge is 2.18. The number of benzene rings is 3. The van der Waals surface area contributed by atoms with E-state index in [-0.39, 0.29) is 24.7 Å². The number of carbonyl (C=O) groups is 1. The van der Waals surface area contributed by atoms with E-state index in [1.807, 2.05) is 48.5 Å². The molecule has 0 saturated carbocycles. The zero-order valence-corrected chi connectivity index (χ0v) is 20.2. The summed E-state index contributed by atoms with van der Waals surface area (Å²) in [6.07, 6.45) is 1.64. The van der Waals surface area contributed by atoms with Crippen LogP contribution in [0.3, 0.4) is 0 Å². The van der Waals surface area contributed by atoms with Gasteiger partial charge in [-0.2, -0.15) is 10.4 Å². The normalized spacial score (nSPS) is 11.1. The van der Waals surface area contributed by atoms with Crippen molar-refractivity contribution < 1.29 is 14.3 Å². The molecule has 0 spiro atoms. The lowest BCUT2D eigenvalue weighted by atomic mass is 9.97. The largest absolute Gasteiger partial charge is 0.467 e. The number of hydrazone groups is 1. The summed E-state index contributed by atoms with van der Waals surface area (Å²) in [5.74, 6) is -0.394. The molecule has 0 saturated heterocycles. The lowest BCUT2D eigenvalue weighted by molar-refractivity contribution is -0.123. The van der Waals surface area contributed by atoms with E-state index in [0.29, 0.717) is 15.7 Å². The molecule has 8 heteroatoms. The zero-order chi connectivity index (χ0) is 24.1. The number of methoxy groups -OCH3 is 1. The van der Waals surface area contributed by atoms with Gasteiger partial charge in [0, 0.05) is 22.7 Å². The van der Waals surface area contributed by atoms with Gasteiger partial charge >= 0.3 is 0 Å². The Morgan fingerprint density at radius 2 is 1.82 bits per heavy atom. The molecule has 0 atom stereocenters. The molecule has 0 aliphatic heterocycles. The Kier molecular flexibility index (Phi) is 7.16. The predicted octanol–water partition coefficient (Wildman–Crippen LogP) is 5.01. The number of rotatable bonds is 7. The Balaban J connectivity index is 1.52. The number of aryl methyl sites for hydroxylation is 1. The first-order valence-electron chi connectivity index (χ1n) is 10.5. The fraction of sp³-hybridized carbons (Fsp3) is 0.154. The molecule has 1 aromatic heterocycles. The Morgan fingerprint density at radius 1 is 1.18 bits per heavy atom. The summed E-state index contributed by atoms with van der Waals surface area (Å²) in [4.78, 5) is 16.7. The molecule has 0 fully saturated rings. The van der Waals surface area contributed by atoms with Crippen LogP contribution in [0.5, 0.6) is 5.88 Å². The van der Waals surface area contributed by atoms with Gasteiger partial charge in [-0.05, 0) is 50.5 Å². The first-order valence-corrected chi connectivity index (χ1v) is 11.3. The molecule has 3 aromatic carbocycles. The molecule has 0 unspecified atom stereocenters. The number of nitrogens with zero attached hydrogens (tertiary/aromatic N) is 3. The molecule has 0 aliphatic rings. The van der Waals surface area contributed by atoms with Crippen LogP contribution in [0.25, 0.3) is 21.5 Å². The Labute approximate surface area is 205 Å². The van der Waals surface area contributed by atoms with Gasteiger partial charge in [0.2, 0.25) is 5.88 Å². The second-order valence-electron chi connectivity index (χ2n) is 7.53. The van der Waals surface area contributed by atoms with E-state index in [0.717, 1.165) is 27.1 Å². The first kappa shape index (κ1) is 23.4. The number of nitrogens with one attached hydrogen (secondary N) is 1. The lowest BCUT2D eigenvalue weighted by Crippen LogP contribution is -2.25. The minimum atomic E-state index is -0.472. The van der Waals surface area contributed by atoms with E-state index in [1.54, 1.807) is 13.1 Å². The molecule has 1 N–H and O–H groups in total.